The van der Waals surface area contributed by atoms with E-state index in [9.17, 15) is 0 Å². The van der Waals surface area contributed by atoms with Gasteiger partial charge >= 0.3 is 0 Å². The molecule has 0 radical (unpaired) electrons. The summed E-state index contributed by atoms with van der Waals surface area (Å²) in [6, 6.07) is 8.38. The number of guanidine groups is 1. The Hall–Kier alpha value is -2.34. The summed E-state index contributed by atoms with van der Waals surface area (Å²) in [4.78, 5) is 13.3. The Kier molecular flexibility index (Phi) is 5.48. The second kappa shape index (κ2) is 7.97. The van der Waals surface area contributed by atoms with Gasteiger partial charge in [0.25, 0.3) is 0 Å². The van der Waals surface area contributed by atoms with Crippen LogP contribution in [0, 0.1) is 0 Å². The average molecular weight is 341 g/mol. The monoisotopic (exact) mass is 341 g/mol. The first-order valence-electron chi connectivity index (χ1n) is 8.23. The Balaban J connectivity index is 1.49. The Morgan fingerprint density at radius 3 is 2.96 bits per heavy atom. The largest absolute Gasteiger partial charge is 0.361 e. The summed E-state index contributed by atoms with van der Waals surface area (Å²) in [5.74, 6) is 0.808. The third-order valence-corrected chi connectivity index (χ3v) is 5.08. The van der Waals surface area contributed by atoms with E-state index in [0.717, 1.165) is 30.4 Å². The Bertz CT molecular complexity index is 818. The zero-order chi connectivity index (χ0) is 16.8. The number of benzene rings is 1. The highest BCUT2D eigenvalue weighted by Gasteiger charge is 2.05. The number of para-hydroxylation sites is 1. The van der Waals surface area contributed by atoms with E-state index in [-0.39, 0.29) is 0 Å². The second-order valence-electron chi connectivity index (χ2n) is 5.54. The van der Waals surface area contributed by atoms with Crippen LogP contribution in [0.3, 0.4) is 0 Å². The summed E-state index contributed by atoms with van der Waals surface area (Å²) in [6.45, 7) is 3.69. The van der Waals surface area contributed by atoms with E-state index in [1.165, 1.54) is 21.3 Å². The molecule has 0 saturated heterocycles. The highest BCUT2D eigenvalue weighted by Crippen LogP contribution is 2.17. The molecule has 0 aliphatic rings. The lowest BCUT2D eigenvalue weighted by atomic mass is 10.1. The van der Waals surface area contributed by atoms with E-state index < -0.39 is 0 Å². The van der Waals surface area contributed by atoms with Crippen LogP contribution < -0.4 is 10.6 Å². The number of hydrogen-bond donors (Lipinski definition) is 3. The van der Waals surface area contributed by atoms with Crippen molar-refractivity contribution in [3.05, 3.63) is 52.1 Å². The molecule has 24 heavy (non-hydrogen) atoms. The maximum Gasteiger partial charge on any atom is 0.191 e. The molecule has 0 bridgehead atoms. The van der Waals surface area contributed by atoms with Crippen molar-refractivity contribution >= 4 is 28.2 Å². The van der Waals surface area contributed by atoms with Crippen LogP contribution >= 0.6 is 11.3 Å². The first-order chi connectivity index (χ1) is 11.8. The molecule has 0 unspecified atom stereocenters. The lowest BCUT2D eigenvalue weighted by Gasteiger charge is -2.10. The minimum atomic E-state index is 0.706. The van der Waals surface area contributed by atoms with Crippen LogP contribution in [0.2, 0.25) is 0 Å². The molecular formula is C18H23N5S. The SMILES string of the molecule is CCc1cnc(CNC(=NC)NCCc2c[nH]c3ccccc23)s1. The van der Waals surface area contributed by atoms with Gasteiger partial charge in [-0.15, -0.1) is 11.3 Å². The summed E-state index contributed by atoms with van der Waals surface area (Å²) < 4.78 is 0. The Morgan fingerprint density at radius 2 is 2.17 bits per heavy atom. The molecule has 3 rings (SSSR count). The molecule has 0 fully saturated rings. The maximum atomic E-state index is 4.42. The van der Waals surface area contributed by atoms with E-state index in [1.807, 2.05) is 6.20 Å². The second-order valence-corrected chi connectivity index (χ2v) is 6.74. The van der Waals surface area contributed by atoms with E-state index in [2.05, 4.69) is 63.0 Å². The van der Waals surface area contributed by atoms with Gasteiger partial charge in [-0.2, -0.15) is 0 Å². The predicted molar refractivity (Wildman–Crippen MR) is 102 cm³/mol. The third-order valence-electron chi connectivity index (χ3n) is 3.94. The molecule has 0 atom stereocenters. The summed E-state index contributed by atoms with van der Waals surface area (Å²) in [5, 5.41) is 9.06. The zero-order valence-electron chi connectivity index (χ0n) is 14.1. The van der Waals surface area contributed by atoms with Gasteiger partial charge in [-0.3, -0.25) is 4.99 Å². The summed E-state index contributed by atoms with van der Waals surface area (Å²) in [6.07, 6.45) is 6.02. The van der Waals surface area contributed by atoms with Crippen molar-refractivity contribution in [1.29, 1.82) is 0 Å². The van der Waals surface area contributed by atoms with Crippen molar-refractivity contribution in [3.63, 3.8) is 0 Å². The molecule has 3 aromatic rings. The smallest absolute Gasteiger partial charge is 0.191 e. The molecule has 0 spiro atoms. The van der Waals surface area contributed by atoms with Crippen molar-refractivity contribution in [2.75, 3.05) is 13.6 Å². The number of H-pyrrole nitrogens is 1. The molecule has 0 saturated carbocycles. The minimum absolute atomic E-state index is 0.706. The standard InChI is InChI=1S/C18H23N5S/c1-3-14-11-22-17(24-14)12-23-18(19-2)20-9-8-13-10-21-16-7-5-4-6-15(13)16/h4-7,10-11,21H,3,8-9,12H2,1-2H3,(H2,19,20,23). The quantitative estimate of drug-likeness (QED) is 0.477. The minimum Gasteiger partial charge on any atom is -0.361 e. The number of rotatable bonds is 6. The number of aromatic amines is 1. The molecule has 0 amide bonds. The highest BCUT2D eigenvalue weighted by atomic mass is 32.1. The van der Waals surface area contributed by atoms with E-state index in [1.54, 1.807) is 18.4 Å². The molecule has 126 valence electrons. The number of thiazole rings is 1. The van der Waals surface area contributed by atoms with Crippen LogP contribution in [0.1, 0.15) is 22.4 Å². The van der Waals surface area contributed by atoms with E-state index >= 15 is 0 Å². The van der Waals surface area contributed by atoms with Crippen molar-refractivity contribution < 1.29 is 0 Å². The lowest BCUT2D eigenvalue weighted by molar-refractivity contribution is 0.793. The maximum absolute atomic E-state index is 4.42. The van der Waals surface area contributed by atoms with Crippen LogP contribution in [-0.4, -0.2) is 29.5 Å². The molecule has 6 heteroatoms. The fourth-order valence-electron chi connectivity index (χ4n) is 2.63. The van der Waals surface area contributed by atoms with Crippen LogP contribution in [0.15, 0.2) is 41.7 Å². The van der Waals surface area contributed by atoms with Gasteiger partial charge in [-0.1, -0.05) is 25.1 Å². The van der Waals surface area contributed by atoms with Gasteiger partial charge in [0.2, 0.25) is 0 Å². The zero-order valence-corrected chi connectivity index (χ0v) is 14.9. The van der Waals surface area contributed by atoms with Crippen LogP contribution in [0.5, 0.6) is 0 Å². The third kappa shape index (κ3) is 3.94. The van der Waals surface area contributed by atoms with Gasteiger partial charge in [0.1, 0.15) is 5.01 Å². The summed E-state index contributed by atoms with van der Waals surface area (Å²) in [7, 11) is 1.79. The van der Waals surface area contributed by atoms with Gasteiger partial charge in [0.15, 0.2) is 5.96 Å². The molecule has 2 aromatic heterocycles. The van der Waals surface area contributed by atoms with Crippen molar-refractivity contribution in [2.24, 2.45) is 4.99 Å². The first kappa shape index (κ1) is 16.5. The van der Waals surface area contributed by atoms with Gasteiger partial charge < -0.3 is 15.6 Å². The average Bonchev–Trinajstić information content (AvgIpc) is 3.25. The molecule has 2 heterocycles. The van der Waals surface area contributed by atoms with Gasteiger partial charge in [0, 0.05) is 41.8 Å². The molecule has 0 aliphatic heterocycles. The van der Waals surface area contributed by atoms with Crippen LogP contribution in [0.25, 0.3) is 10.9 Å². The normalized spacial score (nSPS) is 11.8. The molecular weight excluding hydrogens is 318 g/mol. The number of aliphatic imine (C=N–C) groups is 1. The highest BCUT2D eigenvalue weighted by molar-refractivity contribution is 7.11. The van der Waals surface area contributed by atoms with Crippen molar-refractivity contribution in [3.8, 4) is 0 Å². The fourth-order valence-corrected chi connectivity index (χ4v) is 3.43. The number of hydrogen-bond acceptors (Lipinski definition) is 3. The number of aryl methyl sites for hydroxylation is 1. The Morgan fingerprint density at radius 1 is 1.29 bits per heavy atom. The fraction of sp³-hybridized carbons (Fsp3) is 0.333. The number of fused-ring (bicyclic) bond motifs is 1. The van der Waals surface area contributed by atoms with E-state index in [4.69, 9.17) is 0 Å². The number of nitrogens with one attached hydrogen (secondary N) is 3. The van der Waals surface area contributed by atoms with Crippen molar-refractivity contribution in [1.82, 2.24) is 20.6 Å². The topological polar surface area (TPSA) is 65.1 Å². The Labute approximate surface area is 146 Å². The predicted octanol–water partition coefficient (Wildman–Crippen LogP) is 3.09. The van der Waals surface area contributed by atoms with Crippen LogP contribution in [0.4, 0.5) is 0 Å². The summed E-state index contributed by atoms with van der Waals surface area (Å²) >= 11 is 1.75. The molecule has 3 N–H and O–H groups in total. The number of aromatic nitrogens is 2. The van der Waals surface area contributed by atoms with Gasteiger partial charge in [-0.05, 0) is 24.5 Å². The molecule has 5 nitrogen and oxygen atoms in total. The van der Waals surface area contributed by atoms with Crippen LogP contribution in [-0.2, 0) is 19.4 Å². The first-order valence-corrected chi connectivity index (χ1v) is 9.05. The molecule has 1 aromatic carbocycles. The van der Waals surface area contributed by atoms with Crippen molar-refractivity contribution in [2.45, 2.75) is 26.3 Å². The van der Waals surface area contributed by atoms with Gasteiger partial charge in [0.05, 0.1) is 6.54 Å². The molecule has 0 aliphatic carbocycles. The van der Waals surface area contributed by atoms with Gasteiger partial charge in [-0.25, -0.2) is 4.98 Å². The summed E-state index contributed by atoms with van der Waals surface area (Å²) in [5.41, 5.74) is 2.51. The lowest BCUT2D eigenvalue weighted by Crippen LogP contribution is -2.37. The number of nitrogens with zero attached hydrogens (tertiary/aromatic N) is 2. The van der Waals surface area contributed by atoms with E-state index in [0.29, 0.717) is 6.54 Å².